The van der Waals surface area contributed by atoms with Gasteiger partial charge in [0.1, 0.15) is 0 Å². The quantitative estimate of drug-likeness (QED) is 0.635. The fourth-order valence-electron chi connectivity index (χ4n) is 3.56. The number of hydrogen-bond donors (Lipinski definition) is 3. The van der Waals surface area contributed by atoms with E-state index in [1.165, 1.54) is 0 Å². The first kappa shape index (κ1) is 19.9. The lowest BCUT2D eigenvalue weighted by Gasteiger charge is -2.14. The zero-order chi connectivity index (χ0) is 19.4. The Balaban J connectivity index is 1.66. The van der Waals surface area contributed by atoms with Crippen LogP contribution in [0.3, 0.4) is 0 Å². The number of nitrogens with one attached hydrogen (secondary N) is 3. The Bertz CT molecular complexity index is 788. The van der Waals surface area contributed by atoms with Crippen LogP contribution in [0.1, 0.15) is 55.6 Å². The number of hydrogen-bond acceptors (Lipinski definition) is 4. The Morgan fingerprint density at radius 1 is 1.44 bits per heavy atom. The maximum Gasteiger partial charge on any atom is 0.254 e. The summed E-state index contributed by atoms with van der Waals surface area (Å²) >= 11 is 6.12. The second-order valence-electron chi connectivity index (χ2n) is 7.46. The van der Waals surface area contributed by atoms with Crippen LogP contribution in [0.4, 0.5) is 0 Å². The molecule has 0 radical (unpaired) electrons. The maximum absolute atomic E-state index is 12.7. The normalized spacial score (nSPS) is 19.6. The smallest absolute Gasteiger partial charge is 0.254 e. The van der Waals surface area contributed by atoms with Crippen molar-refractivity contribution in [1.82, 2.24) is 25.9 Å². The summed E-state index contributed by atoms with van der Waals surface area (Å²) in [6.07, 6.45) is 3.70. The number of aromatic nitrogens is 2. The molecule has 1 aromatic carbocycles. The van der Waals surface area contributed by atoms with Crippen molar-refractivity contribution in [2.75, 3.05) is 13.1 Å². The highest BCUT2D eigenvalue weighted by atomic mass is 35.5. The molecule has 1 amide bonds. The number of nitrogens with zero attached hydrogens (tertiary/aromatic N) is 2. The molecule has 1 aliphatic heterocycles. The van der Waals surface area contributed by atoms with E-state index >= 15 is 0 Å². The average Bonchev–Trinajstić information content (AvgIpc) is 3.25. The van der Waals surface area contributed by atoms with E-state index in [0.29, 0.717) is 29.1 Å². The first-order valence-electron chi connectivity index (χ1n) is 9.57. The summed E-state index contributed by atoms with van der Waals surface area (Å²) in [7, 11) is 0. The van der Waals surface area contributed by atoms with Crippen molar-refractivity contribution in [1.29, 1.82) is 0 Å². The van der Waals surface area contributed by atoms with Crippen LogP contribution in [-0.4, -0.2) is 34.8 Å². The van der Waals surface area contributed by atoms with Crippen LogP contribution in [0.15, 0.2) is 30.5 Å². The molecule has 27 heavy (non-hydrogen) atoms. The summed E-state index contributed by atoms with van der Waals surface area (Å²) in [6.45, 7) is 7.97. The van der Waals surface area contributed by atoms with Gasteiger partial charge in [0.25, 0.3) is 5.91 Å². The van der Waals surface area contributed by atoms with E-state index in [9.17, 15) is 4.79 Å². The third-order valence-corrected chi connectivity index (χ3v) is 5.32. The molecule has 0 spiro atoms. The fraction of sp³-hybridized carbons (Fsp3) is 0.500. The van der Waals surface area contributed by atoms with Crippen LogP contribution in [0.2, 0.25) is 5.02 Å². The van der Waals surface area contributed by atoms with Crippen molar-refractivity contribution in [2.24, 2.45) is 5.92 Å². The SMILES string of the molecule is CC(C)c1c(C(=O)NCCCC2CNNC2C)cnn1-c1cccc(Cl)c1. The standard InChI is InChI=1S/C20H28ClN5O/c1-13(2)19-18(12-24-26(19)17-8-4-7-16(21)10-17)20(27)22-9-5-6-15-11-23-25-14(15)3/h4,7-8,10,12-15,23,25H,5-6,9,11H2,1-3H3,(H,22,27). The third kappa shape index (κ3) is 4.69. The van der Waals surface area contributed by atoms with Crippen LogP contribution < -0.4 is 16.2 Å². The Kier molecular flexibility index (Phi) is 6.52. The molecule has 1 fully saturated rings. The van der Waals surface area contributed by atoms with E-state index in [0.717, 1.165) is 30.8 Å². The molecule has 7 heteroatoms. The summed E-state index contributed by atoms with van der Waals surface area (Å²) in [5.74, 6) is 0.699. The molecule has 2 aromatic rings. The highest BCUT2D eigenvalue weighted by molar-refractivity contribution is 6.30. The summed E-state index contributed by atoms with van der Waals surface area (Å²) in [4.78, 5) is 12.7. The largest absolute Gasteiger partial charge is 0.352 e. The van der Waals surface area contributed by atoms with Gasteiger partial charge >= 0.3 is 0 Å². The monoisotopic (exact) mass is 389 g/mol. The lowest BCUT2D eigenvalue weighted by atomic mass is 9.98. The number of amides is 1. The molecule has 0 saturated carbocycles. The van der Waals surface area contributed by atoms with Gasteiger partial charge in [-0.05, 0) is 49.8 Å². The van der Waals surface area contributed by atoms with Gasteiger partial charge in [-0.25, -0.2) is 4.68 Å². The van der Waals surface area contributed by atoms with Gasteiger partial charge in [0.15, 0.2) is 0 Å². The van der Waals surface area contributed by atoms with E-state index in [4.69, 9.17) is 11.6 Å². The Morgan fingerprint density at radius 2 is 2.26 bits per heavy atom. The van der Waals surface area contributed by atoms with Crippen molar-refractivity contribution in [3.63, 3.8) is 0 Å². The van der Waals surface area contributed by atoms with Crippen LogP contribution >= 0.6 is 11.6 Å². The summed E-state index contributed by atoms with van der Waals surface area (Å²) in [6, 6.07) is 7.98. The van der Waals surface area contributed by atoms with Gasteiger partial charge in [-0.1, -0.05) is 31.5 Å². The minimum absolute atomic E-state index is 0.0669. The molecule has 2 unspecified atom stereocenters. The van der Waals surface area contributed by atoms with Crippen LogP contribution in [0.5, 0.6) is 0 Å². The summed E-state index contributed by atoms with van der Waals surface area (Å²) in [5.41, 5.74) is 8.80. The van der Waals surface area contributed by atoms with Gasteiger partial charge in [0, 0.05) is 24.2 Å². The number of carbonyl (C=O) groups is 1. The molecular formula is C20H28ClN5O. The van der Waals surface area contributed by atoms with Gasteiger partial charge in [-0.3, -0.25) is 15.6 Å². The van der Waals surface area contributed by atoms with Crippen molar-refractivity contribution >= 4 is 17.5 Å². The molecule has 3 N–H and O–H groups in total. The van der Waals surface area contributed by atoms with E-state index in [-0.39, 0.29) is 11.8 Å². The van der Waals surface area contributed by atoms with Gasteiger partial charge in [0.05, 0.1) is 23.1 Å². The molecule has 2 atom stereocenters. The minimum Gasteiger partial charge on any atom is -0.352 e. The Hall–Kier alpha value is -1.89. The molecule has 146 valence electrons. The number of halogens is 1. The number of rotatable bonds is 7. The predicted molar refractivity (Wildman–Crippen MR) is 108 cm³/mol. The number of benzene rings is 1. The first-order valence-corrected chi connectivity index (χ1v) is 9.95. The van der Waals surface area contributed by atoms with E-state index < -0.39 is 0 Å². The van der Waals surface area contributed by atoms with Crippen molar-refractivity contribution < 1.29 is 4.79 Å². The highest BCUT2D eigenvalue weighted by Crippen LogP contribution is 2.24. The first-order chi connectivity index (χ1) is 13.0. The van der Waals surface area contributed by atoms with Crippen molar-refractivity contribution in [3.8, 4) is 5.69 Å². The van der Waals surface area contributed by atoms with Gasteiger partial charge in [0.2, 0.25) is 0 Å². The number of hydrazine groups is 1. The van der Waals surface area contributed by atoms with Crippen LogP contribution in [0, 0.1) is 5.92 Å². The van der Waals surface area contributed by atoms with E-state index in [1.807, 2.05) is 28.9 Å². The van der Waals surface area contributed by atoms with Crippen LogP contribution in [-0.2, 0) is 0 Å². The molecule has 1 aromatic heterocycles. The predicted octanol–water partition coefficient (Wildman–Crippen LogP) is 3.27. The molecule has 6 nitrogen and oxygen atoms in total. The molecular weight excluding hydrogens is 362 g/mol. The summed E-state index contributed by atoms with van der Waals surface area (Å²) in [5, 5.41) is 8.15. The highest BCUT2D eigenvalue weighted by Gasteiger charge is 2.23. The maximum atomic E-state index is 12.7. The zero-order valence-electron chi connectivity index (χ0n) is 16.1. The topological polar surface area (TPSA) is 71.0 Å². The lowest BCUT2D eigenvalue weighted by Crippen LogP contribution is -2.29. The third-order valence-electron chi connectivity index (χ3n) is 5.09. The van der Waals surface area contributed by atoms with Gasteiger partial charge in [-0.2, -0.15) is 5.10 Å². The molecule has 3 rings (SSSR count). The number of carbonyl (C=O) groups excluding carboxylic acids is 1. The zero-order valence-corrected chi connectivity index (χ0v) is 16.9. The molecule has 0 aliphatic carbocycles. The van der Waals surface area contributed by atoms with Crippen LogP contribution in [0.25, 0.3) is 5.69 Å². The second-order valence-corrected chi connectivity index (χ2v) is 7.90. The average molecular weight is 390 g/mol. The molecule has 2 heterocycles. The van der Waals surface area contributed by atoms with Crippen molar-refractivity contribution in [2.45, 2.75) is 45.6 Å². The lowest BCUT2D eigenvalue weighted by molar-refractivity contribution is 0.0951. The van der Waals surface area contributed by atoms with Gasteiger partial charge in [-0.15, -0.1) is 0 Å². The molecule has 1 aliphatic rings. The fourth-order valence-corrected chi connectivity index (χ4v) is 3.75. The molecule has 1 saturated heterocycles. The van der Waals surface area contributed by atoms with E-state index in [1.54, 1.807) is 6.20 Å². The molecule has 0 bridgehead atoms. The Labute approximate surface area is 165 Å². The Morgan fingerprint density at radius 3 is 2.93 bits per heavy atom. The minimum atomic E-state index is -0.0669. The van der Waals surface area contributed by atoms with Crippen molar-refractivity contribution in [3.05, 3.63) is 46.7 Å². The summed E-state index contributed by atoms with van der Waals surface area (Å²) < 4.78 is 1.81. The second kappa shape index (κ2) is 8.87. The van der Waals surface area contributed by atoms with E-state index in [2.05, 4.69) is 42.0 Å². The van der Waals surface area contributed by atoms with Gasteiger partial charge < -0.3 is 5.32 Å².